The summed E-state index contributed by atoms with van der Waals surface area (Å²) >= 11 is 9.60. The Morgan fingerprint density at radius 2 is 0.646 bits per heavy atom. The van der Waals surface area contributed by atoms with Gasteiger partial charge in [-0.2, -0.15) is 0 Å². The number of nitrogens with one attached hydrogen (secondary N) is 1. The van der Waals surface area contributed by atoms with Gasteiger partial charge in [0, 0.05) is 56.9 Å². The van der Waals surface area contributed by atoms with Crippen LogP contribution in [-0.2, 0) is 25.6 Å². The van der Waals surface area contributed by atoms with Crippen LogP contribution in [0.1, 0.15) is 103 Å². The Morgan fingerprint density at radius 1 is 0.268 bits per heavy atom. The summed E-state index contributed by atoms with van der Waals surface area (Å²) in [7, 11) is -0.323. The Hall–Kier alpha value is -12.2. The van der Waals surface area contributed by atoms with E-state index < -0.39 is 0 Å². The van der Waals surface area contributed by atoms with E-state index >= 15 is 0 Å². The third-order valence-electron chi connectivity index (χ3n) is 27.7. The minimum absolute atomic E-state index is 0.0128. The molecule has 4 aliphatic rings. The highest BCUT2D eigenvalue weighted by Gasteiger charge is 2.52. The van der Waals surface area contributed by atoms with Gasteiger partial charge >= 0.3 is 7.12 Å². The third kappa shape index (κ3) is 14.2. The molecule has 1 heterocycles. The summed E-state index contributed by atoms with van der Waals surface area (Å²) < 4.78 is 16.3. The fourth-order valence-corrected chi connectivity index (χ4v) is 22.0. The minimum atomic E-state index is -0.324. The highest BCUT2D eigenvalue weighted by Crippen LogP contribution is 2.55. The van der Waals surface area contributed by atoms with Crippen LogP contribution in [-0.4, -0.2) is 18.3 Å². The molecule has 0 aromatic heterocycles. The van der Waals surface area contributed by atoms with E-state index in [1.807, 2.05) is 18.2 Å². The van der Waals surface area contributed by atoms with Gasteiger partial charge in [-0.1, -0.05) is 359 Å². The van der Waals surface area contributed by atoms with Crippen LogP contribution in [0.4, 0.5) is 28.4 Å². The summed E-state index contributed by atoms with van der Waals surface area (Å²) in [6.45, 7) is 22.6. The monoisotopic (exact) mass is 1880 g/mol. The molecule has 0 spiro atoms. The van der Waals surface area contributed by atoms with E-state index in [-0.39, 0.29) is 34.6 Å². The average molecular weight is 1880 g/mol. The summed E-state index contributed by atoms with van der Waals surface area (Å²) in [6, 6.07) is 138. The first-order chi connectivity index (χ1) is 61.4. The Bertz CT molecular complexity index is 7980. The van der Waals surface area contributed by atoms with Gasteiger partial charge in [0.2, 0.25) is 0 Å². The third-order valence-corrected chi connectivity index (χ3v) is 30.1. The van der Waals surface area contributed by atoms with Gasteiger partial charge in [-0.05, 0) is 322 Å². The first-order valence-corrected chi connectivity index (χ1v) is 46.7. The summed E-state index contributed by atoms with van der Waals surface area (Å²) in [4.78, 5) is 2.40. The van der Waals surface area contributed by atoms with Crippen LogP contribution < -0.4 is 15.7 Å². The number of para-hydroxylation sites is 2. The quantitative estimate of drug-likeness (QED) is 0.0934. The molecule has 1 fully saturated rings. The average Bonchev–Trinajstić information content (AvgIpc) is 1.55. The lowest BCUT2D eigenvalue weighted by Gasteiger charge is -2.32. The number of nitrogens with zero attached hydrogens (tertiary/aromatic N) is 1. The van der Waals surface area contributed by atoms with Crippen LogP contribution in [0, 0.1) is 3.57 Å². The molecular formula is C119H94BBr2IN2O2. The molecule has 616 valence electrons. The predicted molar refractivity (Wildman–Crippen MR) is 560 cm³/mol. The molecule has 4 nitrogen and oxygen atoms in total. The molecule has 21 aromatic rings. The maximum Gasteiger partial charge on any atom is 0.494 e. The molecule has 127 heavy (non-hydrogen) atoms. The zero-order valence-corrected chi connectivity index (χ0v) is 78.2. The first-order valence-electron chi connectivity index (χ1n) is 44.0. The summed E-state index contributed by atoms with van der Waals surface area (Å²) in [5, 5.41) is 32.5. The van der Waals surface area contributed by atoms with Gasteiger partial charge in [-0.3, -0.25) is 0 Å². The van der Waals surface area contributed by atoms with Crippen molar-refractivity contribution in [1.29, 1.82) is 0 Å². The second kappa shape index (κ2) is 32.0. The van der Waals surface area contributed by atoms with Crippen molar-refractivity contribution in [2.75, 3.05) is 10.2 Å². The molecule has 25 rings (SSSR count). The summed E-state index contributed by atoms with van der Waals surface area (Å²) in [5.41, 5.74) is 19.8. The SMILES string of the molecule is Brc1ccc(I)c2ccccc12.CC1(C)c2cccc3ccc4cc(-c5ccc(Br)c6ccccc56)cc1c4c23.CC1(C)c2cccc3ccc4cc(-c5ccc(N(c6ccccc6)c6ccc7ccccc7c6)c6ccccc56)cc1c4c23.CC1(C)c2cccc3ccc4cc(B5OC(C)(C)C(C)(C)O5)cc1c4c23.c1ccc(Nc2ccc3ccccc3c2)cc1. The maximum atomic E-state index is 6.32. The lowest BCUT2D eigenvalue weighted by Crippen LogP contribution is -2.41. The van der Waals surface area contributed by atoms with E-state index in [2.05, 4.69) is 498 Å². The normalized spacial score (nSPS) is 14.7. The zero-order chi connectivity index (χ0) is 87.0. The van der Waals surface area contributed by atoms with Crippen molar-refractivity contribution < 1.29 is 9.31 Å². The van der Waals surface area contributed by atoms with Crippen molar-refractivity contribution in [3.05, 3.63) is 428 Å². The molecule has 1 saturated heterocycles. The Kier molecular flexibility index (Phi) is 20.6. The van der Waals surface area contributed by atoms with E-state index in [9.17, 15) is 0 Å². The van der Waals surface area contributed by atoms with Gasteiger partial charge in [-0.15, -0.1) is 0 Å². The van der Waals surface area contributed by atoms with Crippen LogP contribution in [0.3, 0.4) is 0 Å². The second-order valence-electron chi connectivity index (χ2n) is 36.9. The minimum Gasteiger partial charge on any atom is -0.399 e. The van der Waals surface area contributed by atoms with Gasteiger partial charge in [0.1, 0.15) is 0 Å². The topological polar surface area (TPSA) is 33.7 Å². The Labute approximate surface area is 773 Å². The van der Waals surface area contributed by atoms with Crippen molar-refractivity contribution in [3.8, 4) is 22.3 Å². The molecule has 0 saturated carbocycles. The molecule has 21 aromatic carbocycles. The Morgan fingerprint density at radius 3 is 1.17 bits per heavy atom. The van der Waals surface area contributed by atoms with Crippen LogP contribution in [0.15, 0.2) is 391 Å². The lowest BCUT2D eigenvalue weighted by atomic mass is 9.74. The van der Waals surface area contributed by atoms with Gasteiger partial charge in [0.25, 0.3) is 0 Å². The smallest absolute Gasteiger partial charge is 0.399 e. The van der Waals surface area contributed by atoms with Gasteiger partial charge in [0.15, 0.2) is 0 Å². The van der Waals surface area contributed by atoms with Gasteiger partial charge in [0.05, 0.1) is 16.9 Å². The Balaban J connectivity index is 0.000000103. The molecule has 0 radical (unpaired) electrons. The van der Waals surface area contributed by atoms with Gasteiger partial charge < -0.3 is 19.5 Å². The predicted octanol–water partition coefficient (Wildman–Crippen LogP) is 34.0. The van der Waals surface area contributed by atoms with E-state index in [1.165, 1.54) is 188 Å². The highest BCUT2D eigenvalue weighted by atomic mass is 127. The van der Waals surface area contributed by atoms with Crippen LogP contribution in [0.2, 0.25) is 0 Å². The van der Waals surface area contributed by atoms with Crippen molar-refractivity contribution in [1.82, 2.24) is 0 Å². The number of anilines is 5. The van der Waals surface area contributed by atoms with Crippen molar-refractivity contribution in [2.45, 2.75) is 96.7 Å². The number of hydrogen-bond donors (Lipinski definition) is 1. The fourth-order valence-electron chi connectivity index (χ4n) is 20.4. The largest absolute Gasteiger partial charge is 0.494 e. The zero-order valence-electron chi connectivity index (χ0n) is 72.8. The van der Waals surface area contributed by atoms with E-state index in [1.54, 1.807) is 0 Å². The second-order valence-corrected chi connectivity index (χ2v) is 39.8. The van der Waals surface area contributed by atoms with E-state index in [0.29, 0.717) is 0 Å². The molecule has 1 N–H and O–H groups in total. The van der Waals surface area contributed by atoms with Crippen molar-refractivity contribution >= 4 is 214 Å². The van der Waals surface area contributed by atoms with Crippen LogP contribution in [0.25, 0.3) is 141 Å². The van der Waals surface area contributed by atoms with E-state index in [4.69, 9.17) is 9.31 Å². The standard InChI is InChI=1S/C43H31N.C27H19Br.C23H25BO2.C16H13N.C10H6BrI/c1-43(2)38-18-10-13-29-19-20-31-25-32(27-39(43)42(31)41(29)38)35-23-24-40(37-17-9-8-16-36(35)37)44(33-14-4-3-5-15-33)34-22-21-28-11-6-7-12-30(28)26-34;1-27(2)22-9-5-6-16-10-11-17-14-18(15-23(27)26(17)25(16)22)19-12-13-24(28)21-8-4-3-7-20(19)21;1-21(2)17-9-7-8-14-10-11-15-12-16(13-18(21)20(15)19(14)17)24-25-22(3,4)23(5,6)26-24;1-2-8-15(9-3-1)17-16-11-10-13-6-4-5-7-14(13)12-16;11-9-5-6-10(12)8-4-2-1-3-7(8)9/h3-27H,1-2H3;3-15H,1-2H3;7-13H,1-6H3;1-12,17H;1-6H. The van der Waals surface area contributed by atoms with Crippen molar-refractivity contribution in [3.63, 3.8) is 0 Å². The highest BCUT2D eigenvalue weighted by molar-refractivity contribution is 14.1. The molecule has 0 atom stereocenters. The van der Waals surface area contributed by atoms with Crippen molar-refractivity contribution in [2.24, 2.45) is 0 Å². The number of benzene rings is 21. The maximum absolute atomic E-state index is 6.32. The lowest BCUT2D eigenvalue weighted by molar-refractivity contribution is 0.00578. The number of rotatable bonds is 8. The summed E-state index contributed by atoms with van der Waals surface area (Å²) in [6.07, 6.45) is 0. The fraction of sp³-hybridized carbons (Fsp3) is 0.126. The van der Waals surface area contributed by atoms with Crippen LogP contribution in [0.5, 0.6) is 0 Å². The molecule has 0 bridgehead atoms. The molecule has 8 heteroatoms. The first kappa shape index (κ1) is 81.8. The van der Waals surface area contributed by atoms with Gasteiger partial charge in [-0.25, -0.2) is 0 Å². The van der Waals surface area contributed by atoms with Crippen LogP contribution >= 0.6 is 54.5 Å². The number of fused-ring (bicyclic) bond motifs is 5. The molecule has 0 unspecified atom stereocenters. The molecule has 0 amide bonds. The number of hydrogen-bond acceptors (Lipinski definition) is 4. The summed E-state index contributed by atoms with van der Waals surface area (Å²) in [5.74, 6) is 0. The van der Waals surface area contributed by atoms with E-state index in [0.717, 1.165) is 32.7 Å². The molecule has 3 aliphatic carbocycles. The number of halogens is 3. The molecule has 1 aliphatic heterocycles. The molecular weight excluding hydrogens is 1790 g/mol.